The van der Waals surface area contributed by atoms with Gasteiger partial charge in [0.2, 0.25) is 0 Å². The summed E-state index contributed by atoms with van der Waals surface area (Å²) in [6, 6.07) is 11.5. The number of rotatable bonds is 5. The SMILES string of the molecule is COc1ccc(C(C)=NNC(=O)c2ccc(C)c([N+](=O)[O-])c2)cc1. The highest BCUT2D eigenvalue weighted by atomic mass is 16.6. The molecule has 0 aliphatic rings. The first-order valence-electron chi connectivity index (χ1n) is 7.16. The molecule has 124 valence electrons. The number of ether oxygens (including phenoxy) is 1. The van der Waals surface area contributed by atoms with Crippen molar-refractivity contribution in [3.8, 4) is 5.75 Å². The van der Waals surface area contributed by atoms with Gasteiger partial charge >= 0.3 is 0 Å². The largest absolute Gasteiger partial charge is 0.497 e. The summed E-state index contributed by atoms with van der Waals surface area (Å²) >= 11 is 0. The predicted molar refractivity (Wildman–Crippen MR) is 90.5 cm³/mol. The summed E-state index contributed by atoms with van der Waals surface area (Å²) in [4.78, 5) is 22.5. The van der Waals surface area contributed by atoms with Gasteiger partial charge < -0.3 is 4.74 Å². The molecule has 0 radical (unpaired) electrons. The van der Waals surface area contributed by atoms with Crippen molar-refractivity contribution < 1.29 is 14.5 Å². The summed E-state index contributed by atoms with van der Waals surface area (Å²) < 4.78 is 5.08. The van der Waals surface area contributed by atoms with Gasteiger partial charge in [0.15, 0.2) is 0 Å². The molecular weight excluding hydrogens is 310 g/mol. The third kappa shape index (κ3) is 3.95. The van der Waals surface area contributed by atoms with Crippen LogP contribution in [0, 0.1) is 17.0 Å². The minimum Gasteiger partial charge on any atom is -0.497 e. The number of nitro groups is 1. The van der Waals surface area contributed by atoms with Gasteiger partial charge in [-0.1, -0.05) is 6.07 Å². The van der Waals surface area contributed by atoms with E-state index in [0.29, 0.717) is 11.3 Å². The van der Waals surface area contributed by atoms with Crippen LogP contribution in [0.3, 0.4) is 0 Å². The van der Waals surface area contributed by atoms with Crippen molar-refractivity contribution >= 4 is 17.3 Å². The maximum absolute atomic E-state index is 12.1. The summed E-state index contributed by atoms with van der Waals surface area (Å²) in [7, 11) is 1.58. The number of hydrogen-bond donors (Lipinski definition) is 1. The number of carbonyl (C=O) groups is 1. The number of hydrazone groups is 1. The van der Waals surface area contributed by atoms with Crippen LogP contribution in [0.4, 0.5) is 5.69 Å². The third-order valence-corrected chi connectivity index (χ3v) is 3.50. The van der Waals surface area contributed by atoms with E-state index in [1.54, 1.807) is 33.1 Å². The van der Waals surface area contributed by atoms with E-state index in [1.165, 1.54) is 18.2 Å². The van der Waals surface area contributed by atoms with E-state index in [0.717, 1.165) is 11.3 Å². The Balaban J connectivity index is 2.14. The monoisotopic (exact) mass is 327 g/mol. The molecule has 7 nitrogen and oxygen atoms in total. The molecule has 0 spiro atoms. The molecule has 0 fully saturated rings. The molecule has 2 aromatic carbocycles. The first-order valence-corrected chi connectivity index (χ1v) is 7.16. The van der Waals surface area contributed by atoms with Crippen molar-refractivity contribution in [2.45, 2.75) is 13.8 Å². The van der Waals surface area contributed by atoms with Crippen LogP contribution in [0.25, 0.3) is 0 Å². The van der Waals surface area contributed by atoms with Crippen molar-refractivity contribution in [3.63, 3.8) is 0 Å². The second-order valence-electron chi connectivity index (χ2n) is 5.13. The maximum atomic E-state index is 12.1. The molecule has 0 aromatic heterocycles. The lowest BCUT2D eigenvalue weighted by Gasteiger charge is -2.05. The molecule has 0 atom stereocenters. The quantitative estimate of drug-likeness (QED) is 0.519. The van der Waals surface area contributed by atoms with E-state index in [9.17, 15) is 14.9 Å². The number of carbonyl (C=O) groups excluding carboxylic acids is 1. The van der Waals surface area contributed by atoms with Gasteiger partial charge in [0.05, 0.1) is 17.7 Å². The van der Waals surface area contributed by atoms with Gasteiger partial charge in [-0.3, -0.25) is 14.9 Å². The Hall–Kier alpha value is -3.22. The van der Waals surface area contributed by atoms with E-state index in [-0.39, 0.29) is 11.3 Å². The lowest BCUT2D eigenvalue weighted by molar-refractivity contribution is -0.385. The number of methoxy groups -OCH3 is 1. The van der Waals surface area contributed by atoms with E-state index < -0.39 is 10.8 Å². The van der Waals surface area contributed by atoms with Crippen LogP contribution in [-0.4, -0.2) is 23.7 Å². The summed E-state index contributed by atoms with van der Waals surface area (Å²) in [5.74, 6) is 0.216. The number of aryl methyl sites for hydroxylation is 1. The molecule has 2 rings (SSSR count). The number of nitrogens with zero attached hydrogens (tertiary/aromatic N) is 2. The standard InChI is InChI=1S/C17H17N3O4/c1-11-4-5-14(10-16(11)20(22)23)17(21)19-18-12(2)13-6-8-15(24-3)9-7-13/h4-10H,1-3H3,(H,19,21). The fourth-order valence-corrected chi connectivity index (χ4v) is 2.04. The molecule has 0 unspecified atom stereocenters. The zero-order valence-electron chi connectivity index (χ0n) is 13.6. The van der Waals surface area contributed by atoms with Gasteiger partial charge in [-0.25, -0.2) is 5.43 Å². The zero-order valence-corrected chi connectivity index (χ0v) is 13.6. The number of nitrogens with one attached hydrogen (secondary N) is 1. The molecule has 0 saturated carbocycles. The van der Waals surface area contributed by atoms with Crippen LogP contribution in [0.15, 0.2) is 47.6 Å². The molecule has 1 N–H and O–H groups in total. The second kappa shape index (κ2) is 7.36. The molecule has 0 aliphatic heterocycles. The van der Waals surface area contributed by atoms with E-state index in [1.807, 2.05) is 12.1 Å². The van der Waals surface area contributed by atoms with Crippen LogP contribution in [-0.2, 0) is 0 Å². The van der Waals surface area contributed by atoms with Gasteiger partial charge in [-0.15, -0.1) is 0 Å². The minimum absolute atomic E-state index is 0.0986. The lowest BCUT2D eigenvalue weighted by atomic mass is 10.1. The molecule has 2 aromatic rings. The van der Waals surface area contributed by atoms with Gasteiger partial charge in [-0.2, -0.15) is 5.10 Å². The number of hydrogen-bond acceptors (Lipinski definition) is 5. The first kappa shape index (κ1) is 17.1. The average molecular weight is 327 g/mol. The molecule has 7 heteroatoms. The normalized spacial score (nSPS) is 11.0. The van der Waals surface area contributed by atoms with Crippen LogP contribution in [0.1, 0.15) is 28.4 Å². The minimum atomic E-state index is -0.516. The third-order valence-electron chi connectivity index (χ3n) is 3.50. The smallest absolute Gasteiger partial charge is 0.273 e. The average Bonchev–Trinajstić information content (AvgIpc) is 2.59. The van der Waals surface area contributed by atoms with Gasteiger partial charge in [-0.05, 0) is 49.7 Å². The Morgan fingerprint density at radius 3 is 2.38 bits per heavy atom. The summed E-state index contributed by atoms with van der Waals surface area (Å²) in [6.45, 7) is 3.37. The zero-order chi connectivity index (χ0) is 17.7. The van der Waals surface area contributed by atoms with E-state index >= 15 is 0 Å². The molecule has 1 amide bonds. The van der Waals surface area contributed by atoms with Gasteiger partial charge in [0, 0.05) is 17.2 Å². The Morgan fingerprint density at radius 2 is 1.79 bits per heavy atom. The number of benzene rings is 2. The van der Waals surface area contributed by atoms with Crippen LogP contribution in [0.5, 0.6) is 5.75 Å². The topological polar surface area (TPSA) is 93.8 Å². The summed E-state index contributed by atoms with van der Waals surface area (Å²) in [5, 5.41) is 15.0. The number of amides is 1. The Labute approximate surface area is 139 Å². The molecule has 0 bridgehead atoms. The highest BCUT2D eigenvalue weighted by Gasteiger charge is 2.14. The summed E-state index contributed by atoms with van der Waals surface area (Å²) in [6.07, 6.45) is 0. The highest BCUT2D eigenvalue weighted by molar-refractivity contribution is 6.01. The molecular formula is C17H17N3O4. The Kier molecular flexibility index (Phi) is 5.26. The van der Waals surface area contributed by atoms with Crippen molar-refractivity contribution in [2.75, 3.05) is 7.11 Å². The molecule has 24 heavy (non-hydrogen) atoms. The summed E-state index contributed by atoms with van der Waals surface area (Å²) in [5.41, 5.74) is 4.41. The van der Waals surface area contributed by atoms with Gasteiger partial charge in [0.1, 0.15) is 5.75 Å². The predicted octanol–water partition coefficient (Wildman–Crippen LogP) is 3.07. The fraction of sp³-hybridized carbons (Fsp3) is 0.176. The van der Waals surface area contributed by atoms with Crippen LogP contribution < -0.4 is 10.2 Å². The van der Waals surface area contributed by atoms with E-state index in [2.05, 4.69) is 10.5 Å². The Bertz CT molecular complexity index is 798. The van der Waals surface area contributed by atoms with Crippen LogP contribution >= 0.6 is 0 Å². The number of nitro benzene ring substituents is 1. The molecule has 0 heterocycles. The van der Waals surface area contributed by atoms with Gasteiger partial charge in [0.25, 0.3) is 11.6 Å². The Morgan fingerprint density at radius 1 is 1.17 bits per heavy atom. The molecule has 0 aliphatic carbocycles. The second-order valence-corrected chi connectivity index (χ2v) is 5.13. The van der Waals surface area contributed by atoms with Crippen LogP contribution in [0.2, 0.25) is 0 Å². The lowest BCUT2D eigenvalue weighted by Crippen LogP contribution is -2.19. The van der Waals surface area contributed by atoms with Crippen molar-refractivity contribution in [3.05, 3.63) is 69.3 Å². The highest BCUT2D eigenvalue weighted by Crippen LogP contribution is 2.19. The van der Waals surface area contributed by atoms with Crippen molar-refractivity contribution in [1.29, 1.82) is 0 Å². The maximum Gasteiger partial charge on any atom is 0.273 e. The van der Waals surface area contributed by atoms with Crippen molar-refractivity contribution in [2.24, 2.45) is 5.10 Å². The first-order chi connectivity index (χ1) is 11.4. The van der Waals surface area contributed by atoms with E-state index in [4.69, 9.17) is 4.74 Å². The fourth-order valence-electron chi connectivity index (χ4n) is 2.04. The molecule has 0 saturated heterocycles. The van der Waals surface area contributed by atoms with Crippen molar-refractivity contribution in [1.82, 2.24) is 5.43 Å².